The maximum atomic E-state index is 13.6. The molecule has 9 heteroatoms. The minimum Gasteiger partial charge on any atom is -0.486 e. The SMILES string of the molecule is CSc1ccc(S(=O)(=O)N(CC(=O)NC(C)c2ccc3c(c2)OCCO3)c2ccc(C)cc2)cc1. The highest BCUT2D eigenvalue weighted by molar-refractivity contribution is 7.98. The van der Waals surface area contributed by atoms with E-state index in [4.69, 9.17) is 9.47 Å². The molecule has 1 aliphatic heterocycles. The molecule has 184 valence electrons. The molecular formula is C26H28N2O5S2. The molecule has 0 aromatic heterocycles. The van der Waals surface area contributed by atoms with Crippen molar-refractivity contribution in [1.29, 1.82) is 0 Å². The minimum atomic E-state index is -3.97. The van der Waals surface area contributed by atoms with Crippen molar-refractivity contribution in [2.24, 2.45) is 0 Å². The van der Waals surface area contributed by atoms with Gasteiger partial charge in [-0.25, -0.2) is 8.42 Å². The zero-order valence-corrected chi connectivity index (χ0v) is 21.5. The number of carbonyl (C=O) groups excluding carboxylic acids is 1. The van der Waals surface area contributed by atoms with Gasteiger partial charge in [-0.2, -0.15) is 0 Å². The van der Waals surface area contributed by atoms with Gasteiger partial charge in [-0.05, 0) is 74.2 Å². The zero-order valence-electron chi connectivity index (χ0n) is 19.9. The maximum absolute atomic E-state index is 13.6. The molecule has 1 atom stereocenters. The molecule has 3 aromatic rings. The highest BCUT2D eigenvalue weighted by Crippen LogP contribution is 2.32. The third-order valence-corrected chi connectivity index (χ3v) is 8.23. The normalized spacial score (nSPS) is 13.7. The van der Waals surface area contributed by atoms with Gasteiger partial charge in [0.05, 0.1) is 16.6 Å². The number of amides is 1. The van der Waals surface area contributed by atoms with E-state index >= 15 is 0 Å². The second-order valence-electron chi connectivity index (χ2n) is 8.22. The van der Waals surface area contributed by atoms with E-state index in [2.05, 4.69) is 5.32 Å². The third-order valence-electron chi connectivity index (χ3n) is 5.70. The summed E-state index contributed by atoms with van der Waals surface area (Å²) in [6, 6.07) is 18.9. The predicted octanol–water partition coefficient (Wildman–Crippen LogP) is 4.56. The summed E-state index contributed by atoms with van der Waals surface area (Å²) in [4.78, 5) is 14.2. The van der Waals surface area contributed by atoms with E-state index in [0.717, 1.165) is 20.3 Å². The molecule has 1 amide bonds. The van der Waals surface area contributed by atoms with Crippen LogP contribution in [0.3, 0.4) is 0 Å². The third kappa shape index (κ3) is 5.74. The lowest BCUT2D eigenvalue weighted by Crippen LogP contribution is -2.41. The lowest BCUT2D eigenvalue weighted by atomic mass is 10.1. The quantitative estimate of drug-likeness (QED) is 0.446. The Bertz CT molecular complexity index is 1290. The molecule has 1 aliphatic rings. The van der Waals surface area contributed by atoms with Gasteiger partial charge >= 0.3 is 0 Å². The van der Waals surface area contributed by atoms with Gasteiger partial charge in [0.2, 0.25) is 5.91 Å². The fourth-order valence-corrected chi connectivity index (χ4v) is 5.56. The molecule has 0 aliphatic carbocycles. The number of ether oxygens (including phenoxy) is 2. The van der Waals surface area contributed by atoms with E-state index in [1.807, 2.05) is 50.4 Å². The molecule has 0 saturated carbocycles. The number of nitrogens with one attached hydrogen (secondary N) is 1. The van der Waals surface area contributed by atoms with Crippen molar-refractivity contribution in [1.82, 2.24) is 5.32 Å². The fraction of sp³-hybridized carbons (Fsp3) is 0.269. The average molecular weight is 513 g/mol. The number of anilines is 1. The summed E-state index contributed by atoms with van der Waals surface area (Å²) in [6.07, 6.45) is 1.93. The minimum absolute atomic E-state index is 0.128. The summed E-state index contributed by atoms with van der Waals surface area (Å²) in [7, 11) is -3.97. The number of hydrogen-bond acceptors (Lipinski definition) is 6. The molecule has 0 radical (unpaired) electrons. The van der Waals surface area contributed by atoms with Crippen LogP contribution in [0.1, 0.15) is 24.1 Å². The Labute approximate surface area is 210 Å². The molecule has 0 fully saturated rings. The van der Waals surface area contributed by atoms with E-state index in [1.165, 1.54) is 11.8 Å². The molecule has 0 spiro atoms. The largest absolute Gasteiger partial charge is 0.486 e. The summed E-state index contributed by atoms with van der Waals surface area (Å²) in [5, 5.41) is 2.91. The van der Waals surface area contributed by atoms with Crippen molar-refractivity contribution in [2.75, 3.05) is 30.3 Å². The van der Waals surface area contributed by atoms with Gasteiger partial charge in [-0.3, -0.25) is 9.10 Å². The van der Waals surface area contributed by atoms with Gasteiger partial charge in [0.25, 0.3) is 10.0 Å². The molecule has 4 rings (SSSR count). The highest BCUT2D eigenvalue weighted by Gasteiger charge is 2.28. The first-order valence-corrected chi connectivity index (χ1v) is 13.9. The monoisotopic (exact) mass is 512 g/mol. The van der Waals surface area contributed by atoms with Crippen LogP contribution in [0, 0.1) is 6.92 Å². The molecule has 0 bridgehead atoms. The Hall–Kier alpha value is -3.17. The van der Waals surface area contributed by atoms with E-state index in [1.54, 1.807) is 36.4 Å². The van der Waals surface area contributed by atoms with Gasteiger partial charge in [-0.1, -0.05) is 23.8 Å². The van der Waals surface area contributed by atoms with E-state index in [-0.39, 0.29) is 17.5 Å². The molecule has 0 saturated heterocycles. The lowest BCUT2D eigenvalue weighted by Gasteiger charge is -2.26. The number of sulfonamides is 1. The second kappa shape index (κ2) is 10.6. The number of nitrogens with zero attached hydrogens (tertiary/aromatic N) is 1. The average Bonchev–Trinajstić information content (AvgIpc) is 2.87. The smallest absolute Gasteiger partial charge is 0.264 e. The molecule has 1 heterocycles. The number of hydrogen-bond donors (Lipinski definition) is 1. The molecule has 1 unspecified atom stereocenters. The zero-order chi connectivity index (χ0) is 25.0. The standard InChI is InChI=1S/C26H28N2O5S2/c1-18-4-7-21(8-5-18)28(35(30,31)23-11-9-22(34-3)10-12-23)17-26(29)27-19(2)20-6-13-24-25(16-20)33-15-14-32-24/h4-13,16,19H,14-15,17H2,1-3H3,(H,27,29). The summed E-state index contributed by atoms with van der Waals surface area (Å²) < 4.78 is 39.5. The predicted molar refractivity (Wildman–Crippen MR) is 138 cm³/mol. The Morgan fingerprint density at radius 1 is 1.00 bits per heavy atom. The number of benzene rings is 3. The highest BCUT2D eigenvalue weighted by atomic mass is 32.2. The van der Waals surface area contributed by atoms with Crippen LogP contribution < -0.4 is 19.1 Å². The van der Waals surface area contributed by atoms with Gasteiger partial charge in [0, 0.05) is 4.90 Å². The van der Waals surface area contributed by atoms with Crippen molar-refractivity contribution in [3.05, 3.63) is 77.9 Å². The first-order chi connectivity index (χ1) is 16.8. The summed E-state index contributed by atoms with van der Waals surface area (Å²) in [5.41, 5.74) is 2.25. The second-order valence-corrected chi connectivity index (χ2v) is 11.0. The number of thioether (sulfide) groups is 1. The number of rotatable bonds is 8. The number of aryl methyl sites for hydroxylation is 1. The molecule has 3 aromatic carbocycles. The van der Waals surface area contributed by atoms with Crippen LogP contribution >= 0.6 is 11.8 Å². The van der Waals surface area contributed by atoms with Crippen molar-refractivity contribution in [3.63, 3.8) is 0 Å². The number of fused-ring (bicyclic) bond motifs is 1. The van der Waals surface area contributed by atoms with Crippen molar-refractivity contribution in [2.45, 2.75) is 29.7 Å². The van der Waals surface area contributed by atoms with Crippen LogP contribution in [-0.2, 0) is 14.8 Å². The first-order valence-electron chi connectivity index (χ1n) is 11.2. The molecule has 1 N–H and O–H groups in total. The topological polar surface area (TPSA) is 84.9 Å². The summed E-state index contributed by atoms with van der Waals surface area (Å²) in [6.45, 7) is 4.38. The van der Waals surface area contributed by atoms with Gasteiger partial charge in [0.1, 0.15) is 19.8 Å². The Kier molecular flexibility index (Phi) is 7.57. The Morgan fingerprint density at radius 2 is 1.66 bits per heavy atom. The van der Waals surface area contributed by atoms with Crippen molar-refractivity contribution >= 4 is 33.4 Å². The van der Waals surface area contributed by atoms with Crippen LogP contribution in [0.25, 0.3) is 0 Å². The maximum Gasteiger partial charge on any atom is 0.264 e. The van der Waals surface area contributed by atoms with Crippen LogP contribution in [0.5, 0.6) is 11.5 Å². The van der Waals surface area contributed by atoms with Gasteiger partial charge in [-0.15, -0.1) is 11.8 Å². The van der Waals surface area contributed by atoms with Crippen molar-refractivity contribution in [3.8, 4) is 11.5 Å². The summed E-state index contributed by atoms with van der Waals surface area (Å²) >= 11 is 1.53. The molecule has 35 heavy (non-hydrogen) atoms. The Balaban J connectivity index is 1.56. The van der Waals surface area contributed by atoms with Crippen LogP contribution in [0.15, 0.2) is 76.5 Å². The number of carbonyl (C=O) groups is 1. The van der Waals surface area contributed by atoms with E-state index in [9.17, 15) is 13.2 Å². The van der Waals surface area contributed by atoms with Crippen LogP contribution in [0.4, 0.5) is 5.69 Å². The first kappa shape index (κ1) is 24.9. The molecular weight excluding hydrogens is 484 g/mol. The fourth-order valence-electron chi connectivity index (χ4n) is 3.73. The van der Waals surface area contributed by atoms with E-state index in [0.29, 0.717) is 30.4 Å². The lowest BCUT2D eigenvalue weighted by molar-refractivity contribution is -0.120. The van der Waals surface area contributed by atoms with Crippen LogP contribution in [0.2, 0.25) is 0 Å². The van der Waals surface area contributed by atoms with Gasteiger partial charge < -0.3 is 14.8 Å². The van der Waals surface area contributed by atoms with Crippen molar-refractivity contribution < 1.29 is 22.7 Å². The van der Waals surface area contributed by atoms with Gasteiger partial charge in [0.15, 0.2) is 11.5 Å². The Morgan fingerprint density at radius 3 is 2.31 bits per heavy atom. The van der Waals surface area contributed by atoms with E-state index < -0.39 is 15.9 Å². The molecule has 7 nitrogen and oxygen atoms in total. The summed E-state index contributed by atoms with van der Waals surface area (Å²) in [5.74, 6) is 0.882. The van der Waals surface area contributed by atoms with Crippen LogP contribution in [-0.4, -0.2) is 40.3 Å².